The number of nitrogens with zero attached hydrogens (tertiary/aromatic N) is 5. The maximum Gasteiger partial charge on any atom is 0.356 e. The van der Waals surface area contributed by atoms with Crippen molar-refractivity contribution in [3.05, 3.63) is 105 Å². The number of imidazole rings is 1. The van der Waals surface area contributed by atoms with Crippen molar-refractivity contribution in [2.24, 2.45) is 4.99 Å². The van der Waals surface area contributed by atoms with Crippen LogP contribution in [0.1, 0.15) is 11.3 Å². The van der Waals surface area contributed by atoms with Crippen LogP contribution >= 0.6 is 15.9 Å². The number of quaternary nitrogens is 1. The first-order valence-electron chi connectivity index (χ1n) is 12.5. The first-order chi connectivity index (χ1) is 19.2. The third-order valence-electron chi connectivity index (χ3n) is 6.33. The molecule has 0 atom stereocenters. The molecule has 2 aromatic carbocycles. The van der Waals surface area contributed by atoms with Gasteiger partial charge in [-0.05, 0) is 53.5 Å². The number of halogens is 1. The lowest BCUT2D eigenvalue weighted by Gasteiger charge is -2.27. The van der Waals surface area contributed by atoms with Gasteiger partial charge in [0.2, 0.25) is 11.6 Å². The van der Waals surface area contributed by atoms with E-state index >= 15 is 0 Å². The number of amidine groups is 1. The number of pyridine rings is 1. The molecule has 11 nitrogen and oxygen atoms in total. The van der Waals surface area contributed by atoms with Crippen LogP contribution < -0.4 is 16.0 Å². The fourth-order valence-electron chi connectivity index (χ4n) is 4.50. The third kappa shape index (κ3) is 6.19. The van der Waals surface area contributed by atoms with Crippen LogP contribution in [0.25, 0.3) is 5.65 Å². The monoisotopic (exact) mass is 603 g/mol. The van der Waals surface area contributed by atoms with Gasteiger partial charge >= 0.3 is 5.82 Å². The van der Waals surface area contributed by atoms with Crippen molar-refractivity contribution < 1.29 is 14.2 Å². The molecule has 12 heteroatoms. The molecular formula is C28H28BrN8O3+. The van der Waals surface area contributed by atoms with E-state index in [1.54, 1.807) is 30.5 Å². The second-order valence-corrected chi connectivity index (χ2v) is 10.9. The van der Waals surface area contributed by atoms with Crippen LogP contribution in [0.5, 0.6) is 0 Å². The number of likely N-dealkylation sites (N-methyl/N-ethyl adjacent to an activating group) is 1. The van der Waals surface area contributed by atoms with Crippen molar-refractivity contribution in [3.8, 4) is 0 Å². The highest BCUT2D eigenvalue weighted by molar-refractivity contribution is 9.10. The normalized spacial score (nSPS) is 13.0. The van der Waals surface area contributed by atoms with E-state index in [2.05, 4.69) is 41.9 Å². The Morgan fingerprint density at radius 3 is 2.83 bits per heavy atom. The number of carbonyl (C=O) groups is 1. The van der Waals surface area contributed by atoms with Crippen molar-refractivity contribution in [2.45, 2.75) is 6.54 Å². The van der Waals surface area contributed by atoms with Gasteiger partial charge in [-0.1, -0.05) is 28.1 Å². The van der Waals surface area contributed by atoms with Gasteiger partial charge in [-0.3, -0.25) is 4.79 Å². The molecule has 4 aromatic rings. The summed E-state index contributed by atoms with van der Waals surface area (Å²) in [5.74, 6) is 0.391. The molecule has 0 saturated heterocycles. The first-order valence-corrected chi connectivity index (χ1v) is 13.3. The summed E-state index contributed by atoms with van der Waals surface area (Å²) in [6, 6.07) is 18.7. The Hall–Kier alpha value is -4.55. The van der Waals surface area contributed by atoms with Gasteiger partial charge in [0.1, 0.15) is 19.0 Å². The maximum absolute atomic E-state index is 12.7. The van der Waals surface area contributed by atoms with Crippen LogP contribution in [0.2, 0.25) is 0 Å². The second kappa shape index (κ2) is 11.3. The Morgan fingerprint density at radius 1 is 1.18 bits per heavy atom. The molecule has 3 N–H and O–H groups in total. The third-order valence-corrected chi connectivity index (χ3v) is 6.82. The predicted octanol–water partition coefficient (Wildman–Crippen LogP) is 5.02. The summed E-state index contributed by atoms with van der Waals surface area (Å²) < 4.78 is 2.82. The average molecular weight is 604 g/mol. The van der Waals surface area contributed by atoms with E-state index in [0.29, 0.717) is 47.1 Å². The minimum Gasteiger partial charge on any atom is -0.366 e. The highest BCUT2D eigenvalue weighted by Gasteiger charge is 2.28. The zero-order valence-corrected chi connectivity index (χ0v) is 23.6. The summed E-state index contributed by atoms with van der Waals surface area (Å²) in [7, 11) is 3.87. The minimum absolute atomic E-state index is 0.0391. The number of rotatable bonds is 8. The van der Waals surface area contributed by atoms with Crippen molar-refractivity contribution >= 4 is 56.2 Å². The molecule has 0 spiro atoms. The Kier molecular flexibility index (Phi) is 7.63. The van der Waals surface area contributed by atoms with Crippen LogP contribution in [-0.4, -0.2) is 57.8 Å². The number of anilines is 3. The molecule has 0 unspecified atom stereocenters. The van der Waals surface area contributed by atoms with Gasteiger partial charge in [-0.2, -0.15) is 9.38 Å². The molecule has 1 amide bonds. The van der Waals surface area contributed by atoms with E-state index in [4.69, 9.17) is 0 Å². The number of hydrogen-bond acceptors (Lipinski definition) is 7. The zero-order chi connectivity index (χ0) is 28.3. The molecule has 40 heavy (non-hydrogen) atoms. The number of amides is 1. The fourth-order valence-corrected chi connectivity index (χ4v) is 4.90. The van der Waals surface area contributed by atoms with Crippen LogP contribution in [0.3, 0.4) is 0 Å². The average Bonchev–Trinajstić information content (AvgIpc) is 3.26. The Labute approximate surface area is 239 Å². The summed E-state index contributed by atoms with van der Waals surface area (Å²) in [5, 5.41) is 21.2. The van der Waals surface area contributed by atoms with Gasteiger partial charge in [0.25, 0.3) is 0 Å². The van der Waals surface area contributed by atoms with E-state index in [1.807, 2.05) is 56.6 Å². The van der Waals surface area contributed by atoms with Crippen LogP contribution in [0.15, 0.2) is 88.5 Å². The number of aliphatic imine (C=N–C) groups is 1. The number of aromatic nitrogens is 2. The SMILES string of the molecule is C[N+](C)(C/C=C/C(=O)Nc1ccc2c(c1)C(Nc1cccc(Br)c1)=NCN2)Cc1nc2ccccn2c1[N+](=O)[O-]. The molecule has 0 bridgehead atoms. The number of fused-ring (bicyclic) bond motifs is 2. The van der Waals surface area contributed by atoms with E-state index in [9.17, 15) is 14.9 Å². The first kappa shape index (κ1) is 27.0. The summed E-state index contributed by atoms with van der Waals surface area (Å²) in [6.07, 6.45) is 4.87. The minimum atomic E-state index is -0.406. The highest BCUT2D eigenvalue weighted by atomic mass is 79.9. The number of nitro groups is 1. The Balaban J connectivity index is 1.23. The van der Waals surface area contributed by atoms with Crippen molar-refractivity contribution in [1.29, 1.82) is 0 Å². The van der Waals surface area contributed by atoms with Crippen LogP contribution in [-0.2, 0) is 11.3 Å². The summed E-state index contributed by atoms with van der Waals surface area (Å²) >= 11 is 3.48. The lowest BCUT2D eigenvalue weighted by molar-refractivity contribution is -0.898. The quantitative estimate of drug-likeness (QED) is 0.112. The number of carbonyl (C=O) groups excluding carboxylic acids is 1. The largest absolute Gasteiger partial charge is 0.366 e. The summed E-state index contributed by atoms with van der Waals surface area (Å²) in [6.45, 7) is 1.25. The van der Waals surface area contributed by atoms with Crippen LogP contribution in [0.4, 0.5) is 22.9 Å². The molecule has 2 aromatic heterocycles. The van der Waals surface area contributed by atoms with Gasteiger partial charge in [0.05, 0.1) is 26.8 Å². The zero-order valence-electron chi connectivity index (χ0n) is 22.0. The maximum atomic E-state index is 12.7. The van der Waals surface area contributed by atoms with E-state index in [0.717, 1.165) is 21.4 Å². The fraction of sp³-hybridized carbons (Fsp3) is 0.179. The Bertz CT molecular complexity index is 1660. The number of benzene rings is 2. The topological polar surface area (TPSA) is 126 Å². The van der Waals surface area contributed by atoms with E-state index < -0.39 is 4.92 Å². The second-order valence-electron chi connectivity index (χ2n) is 9.97. The van der Waals surface area contributed by atoms with E-state index in [1.165, 1.54) is 10.5 Å². The van der Waals surface area contributed by atoms with Gasteiger partial charge < -0.3 is 30.5 Å². The van der Waals surface area contributed by atoms with Gasteiger partial charge in [-0.15, -0.1) is 0 Å². The number of hydrogen-bond donors (Lipinski definition) is 3. The van der Waals surface area contributed by atoms with E-state index in [-0.39, 0.29) is 11.7 Å². The summed E-state index contributed by atoms with van der Waals surface area (Å²) in [4.78, 5) is 33.1. The van der Waals surface area contributed by atoms with Crippen molar-refractivity contribution in [3.63, 3.8) is 0 Å². The lowest BCUT2D eigenvalue weighted by Crippen LogP contribution is -2.39. The summed E-state index contributed by atoms with van der Waals surface area (Å²) in [5.41, 5.74) is 4.22. The molecule has 0 radical (unpaired) electrons. The predicted molar refractivity (Wildman–Crippen MR) is 160 cm³/mol. The van der Waals surface area contributed by atoms with Crippen molar-refractivity contribution in [2.75, 3.05) is 43.3 Å². The smallest absolute Gasteiger partial charge is 0.356 e. The molecule has 204 valence electrons. The molecular weight excluding hydrogens is 576 g/mol. The molecule has 1 aliphatic rings. The van der Waals surface area contributed by atoms with Gasteiger partial charge in [-0.25, -0.2) is 4.99 Å². The standard InChI is InChI=1S/C28H27BrN8O3/c1-37(2,17-24-28(36(39)40)35-13-4-3-9-25(35)34-24)14-6-10-26(38)32-21-11-12-23-22(16-21)27(31-18-30-23)33-20-8-5-7-19(29)15-20/h3-13,15-16H,14,17-18H2,1-2H3,(H2-,30,31,32,33,38)/p+1/b10-6+. The number of nitrogens with one attached hydrogen (secondary N) is 3. The van der Waals surface area contributed by atoms with Gasteiger partial charge in [0.15, 0.2) is 5.69 Å². The Morgan fingerprint density at radius 2 is 2.02 bits per heavy atom. The molecule has 0 aliphatic carbocycles. The molecule has 1 aliphatic heterocycles. The lowest BCUT2D eigenvalue weighted by atomic mass is 10.1. The highest BCUT2D eigenvalue weighted by Crippen LogP contribution is 2.26. The van der Waals surface area contributed by atoms with Crippen molar-refractivity contribution in [1.82, 2.24) is 9.38 Å². The van der Waals surface area contributed by atoms with Gasteiger partial charge in [0, 0.05) is 39.2 Å². The molecule has 5 rings (SSSR count). The molecule has 0 saturated carbocycles. The molecule has 3 heterocycles. The molecule has 0 fully saturated rings. The van der Waals surface area contributed by atoms with Crippen LogP contribution in [0, 0.1) is 10.1 Å².